The van der Waals surface area contributed by atoms with Gasteiger partial charge in [0, 0.05) is 13.2 Å². The second kappa shape index (κ2) is 9.06. The van der Waals surface area contributed by atoms with Crippen molar-refractivity contribution in [1.29, 1.82) is 0 Å². The Hall–Kier alpha value is -2.58. The van der Waals surface area contributed by atoms with Gasteiger partial charge in [0.15, 0.2) is 11.6 Å². The summed E-state index contributed by atoms with van der Waals surface area (Å²) in [6.45, 7) is 8.96. The summed E-state index contributed by atoms with van der Waals surface area (Å²) in [5.74, 6) is 1.21. The van der Waals surface area contributed by atoms with E-state index in [0.29, 0.717) is 23.0 Å². The van der Waals surface area contributed by atoms with Gasteiger partial charge in [-0.15, -0.1) is 0 Å². The molecule has 0 radical (unpaired) electrons. The summed E-state index contributed by atoms with van der Waals surface area (Å²) in [5.41, 5.74) is 0.878. The maximum Gasteiger partial charge on any atom is 0.247 e. The summed E-state index contributed by atoms with van der Waals surface area (Å²) in [6.07, 6.45) is 9.11. The number of hydrogen-bond acceptors (Lipinski definition) is 7. The summed E-state index contributed by atoms with van der Waals surface area (Å²) in [6, 6.07) is 0.102. The number of amides is 1. The van der Waals surface area contributed by atoms with E-state index in [9.17, 15) is 9.90 Å². The highest BCUT2D eigenvalue weighted by atomic mass is 16.5. The van der Waals surface area contributed by atoms with Crippen molar-refractivity contribution in [2.45, 2.75) is 64.2 Å². The van der Waals surface area contributed by atoms with Crippen molar-refractivity contribution in [1.82, 2.24) is 9.97 Å². The maximum absolute atomic E-state index is 12.7. The Morgan fingerprint density at radius 2 is 2.07 bits per heavy atom. The molecule has 0 unspecified atom stereocenters. The van der Waals surface area contributed by atoms with Crippen molar-refractivity contribution >= 4 is 29.8 Å². The van der Waals surface area contributed by atoms with Crippen LogP contribution in [0.1, 0.15) is 52.1 Å². The number of anilines is 2. The van der Waals surface area contributed by atoms with Crippen LogP contribution in [0, 0.1) is 0 Å². The zero-order valence-electron chi connectivity index (χ0n) is 18.2. The first-order valence-corrected chi connectivity index (χ1v) is 10.3. The third-order valence-electron chi connectivity index (χ3n) is 5.69. The van der Waals surface area contributed by atoms with Gasteiger partial charge in [0.25, 0.3) is 0 Å². The predicted molar refractivity (Wildman–Crippen MR) is 119 cm³/mol. The maximum atomic E-state index is 12.7. The third kappa shape index (κ3) is 4.76. The Kier molecular flexibility index (Phi) is 6.67. The van der Waals surface area contributed by atoms with Crippen LogP contribution in [0.4, 0.5) is 11.6 Å². The predicted octanol–water partition coefficient (Wildman–Crippen LogP) is 2.95. The number of ether oxygens (including phenoxy) is 1. The van der Waals surface area contributed by atoms with Crippen LogP contribution in [0.2, 0.25) is 0 Å². The van der Waals surface area contributed by atoms with E-state index in [4.69, 9.17) is 9.72 Å². The van der Waals surface area contributed by atoms with E-state index in [0.717, 1.165) is 31.3 Å². The SMILES string of the molecule is C=N/C(=C\C=C(/C)c1cnc2c(n1)N(C1CCC(OC)CC1)C(=O)CN2)C(C)(C)O. The zero-order valence-corrected chi connectivity index (χ0v) is 18.2. The number of carbonyl (C=O) groups is 1. The lowest BCUT2D eigenvalue weighted by Gasteiger charge is -2.38. The molecule has 1 aliphatic heterocycles. The van der Waals surface area contributed by atoms with E-state index in [1.807, 2.05) is 17.9 Å². The van der Waals surface area contributed by atoms with Crippen LogP contribution in [0.5, 0.6) is 0 Å². The first-order chi connectivity index (χ1) is 14.2. The Labute approximate surface area is 177 Å². The number of carbonyl (C=O) groups excluding carboxylic acids is 1. The largest absolute Gasteiger partial charge is 0.384 e. The van der Waals surface area contributed by atoms with E-state index in [1.165, 1.54) is 0 Å². The molecule has 0 aromatic carbocycles. The molecule has 0 bridgehead atoms. The minimum Gasteiger partial charge on any atom is -0.384 e. The molecule has 2 aliphatic rings. The molecule has 1 fully saturated rings. The molecule has 1 amide bonds. The topological polar surface area (TPSA) is 99.9 Å². The normalized spacial score (nSPS) is 23.1. The van der Waals surface area contributed by atoms with Crippen LogP contribution in [0.15, 0.2) is 29.0 Å². The van der Waals surface area contributed by atoms with Crippen molar-refractivity contribution in [3.05, 3.63) is 29.7 Å². The number of nitrogens with one attached hydrogen (secondary N) is 1. The number of rotatable bonds is 6. The molecule has 8 heteroatoms. The molecule has 0 spiro atoms. The molecule has 1 aromatic rings. The van der Waals surface area contributed by atoms with Gasteiger partial charge >= 0.3 is 0 Å². The number of methoxy groups -OCH3 is 1. The molecule has 1 aliphatic carbocycles. The second-order valence-electron chi connectivity index (χ2n) is 8.33. The number of allylic oxidation sites excluding steroid dienone is 3. The molecule has 3 rings (SSSR count). The van der Waals surface area contributed by atoms with Gasteiger partial charge in [0.1, 0.15) is 5.60 Å². The Balaban J connectivity index is 1.90. The van der Waals surface area contributed by atoms with Crippen molar-refractivity contribution in [2.75, 3.05) is 23.9 Å². The van der Waals surface area contributed by atoms with Gasteiger partial charge in [-0.3, -0.25) is 14.7 Å². The van der Waals surface area contributed by atoms with Gasteiger partial charge in [-0.25, -0.2) is 9.97 Å². The minimum absolute atomic E-state index is 0.0107. The van der Waals surface area contributed by atoms with Crippen LogP contribution in [-0.4, -0.2) is 59.1 Å². The summed E-state index contributed by atoms with van der Waals surface area (Å²) in [4.78, 5) is 27.7. The van der Waals surface area contributed by atoms with E-state index in [-0.39, 0.29) is 24.6 Å². The zero-order chi connectivity index (χ0) is 21.9. The van der Waals surface area contributed by atoms with E-state index >= 15 is 0 Å². The van der Waals surface area contributed by atoms with Crippen LogP contribution < -0.4 is 10.2 Å². The molecule has 1 aromatic heterocycles. The molecular formula is C22H31N5O3. The van der Waals surface area contributed by atoms with Gasteiger partial charge < -0.3 is 15.2 Å². The molecule has 2 heterocycles. The number of aliphatic imine (C=N–C) groups is 1. The first-order valence-electron chi connectivity index (χ1n) is 10.3. The lowest BCUT2D eigenvalue weighted by Crippen LogP contribution is -2.49. The van der Waals surface area contributed by atoms with Gasteiger partial charge in [0.2, 0.25) is 5.91 Å². The fraction of sp³-hybridized carbons (Fsp3) is 0.545. The van der Waals surface area contributed by atoms with Gasteiger partial charge in [-0.2, -0.15) is 0 Å². The van der Waals surface area contributed by atoms with Crippen molar-refractivity contribution in [3.63, 3.8) is 0 Å². The Morgan fingerprint density at radius 3 is 2.67 bits per heavy atom. The summed E-state index contributed by atoms with van der Waals surface area (Å²) in [5, 5.41) is 13.2. The Bertz CT molecular complexity index is 864. The monoisotopic (exact) mass is 413 g/mol. The fourth-order valence-corrected chi connectivity index (χ4v) is 3.88. The number of fused-ring (bicyclic) bond motifs is 1. The first kappa shape index (κ1) is 22.1. The highest BCUT2D eigenvalue weighted by molar-refractivity contribution is 6.01. The van der Waals surface area contributed by atoms with Gasteiger partial charge in [0.05, 0.1) is 30.2 Å². The number of aromatic nitrogens is 2. The Morgan fingerprint density at radius 1 is 1.37 bits per heavy atom. The molecule has 0 atom stereocenters. The number of hydrogen-bond donors (Lipinski definition) is 2. The molecule has 30 heavy (non-hydrogen) atoms. The third-order valence-corrected chi connectivity index (χ3v) is 5.69. The minimum atomic E-state index is -1.09. The van der Waals surface area contributed by atoms with Crippen LogP contribution >= 0.6 is 0 Å². The second-order valence-corrected chi connectivity index (χ2v) is 8.33. The summed E-state index contributed by atoms with van der Waals surface area (Å²) >= 11 is 0. The highest BCUT2D eigenvalue weighted by Gasteiger charge is 2.35. The fourth-order valence-electron chi connectivity index (χ4n) is 3.88. The molecule has 2 N–H and O–H groups in total. The van der Waals surface area contributed by atoms with Crippen LogP contribution in [0.25, 0.3) is 5.57 Å². The van der Waals surface area contributed by atoms with E-state index in [1.54, 1.807) is 33.2 Å². The average Bonchev–Trinajstić information content (AvgIpc) is 2.72. The van der Waals surface area contributed by atoms with E-state index < -0.39 is 5.60 Å². The lowest BCUT2D eigenvalue weighted by atomic mass is 9.91. The average molecular weight is 414 g/mol. The number of aliphatic hydroxyl groups is 1. The van der Waals surface area contributed by atoms with Gasteiger partial charge in [-0.05, 0) is 64.8 Å². The number of nitrogens with zero attached hydrogens (tertiary/aromatic N) is 4. The molecular weight excluding hydrogens is 382 g/mol. The molecule has 162 valence electrons. The molecule has 0 saturated heterocycles. The molecule has 1 saturated carbocycles. The van der Waals surface area contributed by atoms with Gasteiger partial charge in [-0.1, -0.05) is 6.08 Å². The summed E-state index contributed by atoms with van der Waals surface area (Å²) < 4.78 is 5.47. The quantitative estimate of drug-likeness (QED) is 0.549. The summed E-state index contributed by atoms with van der Waals surface area (Å²) in [7, 11) is 1.74. The van der Waals surface area contributed by atoms with Crippen molar-refractivity contribution in [3.8, 4) is 0 Å². The van der Waals surface area contributed by atoms with Crippen molar-refractivity contribution < 1.29 is 14.6 Å². The van der Waals surface area contributed by atoms with E-state index in [2.05, 4.69) is 22.0 Å². The highest BCUT2D eigenvalue weighted by Crippen LogP contribution is 2.34. The smallest absolute Gasteiger partial charge is 0.247 e. The molecule has 8 nitrogen and oxygen atoms in total. The van der Waals surface area contributed by atoms with Crippen molar-refractivity contribution in [2.24, 2.45) is 4.99 Å². The van der Waals surface area contributed by atoms with Crippen LogP contribution in [0.3, 0.4) is 0 Å². The van der Waals surface area contributed by atoms with Crippen LogP contribution in [-0.2, 0) is 9.53 Å². The standard InChI is InChI=1S/C22H31N5O3/c1-14(6-11-18(23-4)22(2,3)29)17-12-24-20-21(26-17)27(19(28)13-25-20)15-7-9-16(30-5)10-8-15/h6,11-12,15-16,29H,4,7-10,13H2,1-3,5H3,(H,24,25)/b14-6+,18-11-. The lowest BCUT2D eigenvalue weighted by molar-refractivity contribution is -0.118.